The molecule has 138 valence electrons. The predicted octanol–water partition coefficient (Wildman–Crippen LogP) is 3.62. The lowest BCUT2D eigenvalue weighted by Gasteiger charge is -2.61. The summed E-state index contributed by atoms with van der Waals surface area (Å²) in [5, 5.41) is 21.1. The highest BCUT2D eigenvalue weighted by Gasteiger charge is 2.60. The molecule has 0 amide bonds. The van der Waals surface area contributed by atoms with E-state index in [1.165, 1.54) is 32.1 Å². The van der Waals surface area contributed by atoms with Gasteiger partial charge in [0.25, 0.3) is 0 Å². The van der Waals surface area contributed by atoms with E-state index in [1.54, 1.807) is 7.11 Å². The van der Waals surface area contributed by atoms with Crippen molar-refractivity contribution < 1.29 is 14.9 Å². The van der Waals surface area contributed by atoms with Crippen molar-refractivity contribution in [1.29, 1.82) is 0 Å². The standard InChI is InChI=1S/C21H36O3/c1-20-9-8-17-15(16(20)6-7-19(20)23)5-4-14-10-18(22)13(12-24-3)11-21(14,17)2/h13-19,22-23H,4-12H2,1-3H3. The number of fused-ring (bicyclic) bond motifs is 5. The third-order valence-corrected chi connectivity index (χ3v) is 9.17. The summed E-state index contributed by atoms with van der Waals surface area (Å²) in [6.07, 6.45) is 9.14. The molecule has 0 spiro atoms. The third-order valence-electron chi connectivity index (χ3n) is 9.17. The molecule has 9 atom stereocenters. The summed E-state index contributed by atoms with van der Waals surface area (Å²) in [4.78, 5) is 0. The van der Waals surface area contributed by atoms with Crippen LogP contribution in [0.1, 0.15) is 65.2 Å². The van der Waals surface area contributed by atoms with Gasteiger partial charge in [-0.15, -0.1) is 0 Å². The zero-order valence-electron chi connectivity index (χ0n) is 15.7. The van der Waals surface area contributed by atoms with Crippen LogP contribution in [0.25, 0.3) is 0 Å². The van der Waals surface area contributed by atoms with Gasteiger partial charge in [-0.05, 0) is 85.9 Å². The van der Waals surface area contributed by atoms with E-state index in [9.17, 15) is 10.2 Å². The maximum Gasteiger partial charge on any atom is 0.0596 e. The molecule has 4 rings (SSSR count). The maximum atomic E-state index is 10.6. The fourth-order valence-corrected chi connectivity index (χ4v) is 7.78. The molecule has 0 aromatic heterocycles. The molecule has 3 heteroatoms. The van der Waals surface area contributed by atoms with Crippen molar-refractivity contribution in [3.63, 3.8) is 0 Å². The first kappa shape index (κ1) is 17.3. The highest BCUT2D eigenvalue weighted by atomic mass is 16.5. The van der Waals surface area contributed by atoms with Crippen LogP contribution in [-0.4, -0.2) is 36.1 Å². The zero-order chi connectivity index (χ0) is 17.1. The number of rotatable bonds is 2. The highest BCUT2D eigenvalue weighted by molar-refractivity contribution is 5.10. The summed E-state index contributed by atoms with van der Waals surface area (Å²) in [6.45, 7) is 5.58. The third kappa shape index (κ3) is 2.34. The average Bonchev–Trinajstić information content (AvgIpc) is 2.85. The molecule has 0 bridgehead atoms. The summed E-state index contributed by atoms with van der Waals surface area (Å²) < 4.78 is 5.42. The van der Waals surface area contributed by atoms with Gasteiger partial charge in [0.1, 0.15) is 0 Å². The van der Waals surface area contributed by atoms with E-state index in [0.717, 1.165) is 37.0 Å². The van der Waals surface area contributed by atoms with Crippen molar-refractivity contribution >= 4 is 0 Å². The molecule has 9 unspecified atom stereocenters. The van der Waals surface area contributed by atoms with Crippen molar-refractivity contribution in [1.82, 2.24) is 0 Å². The van der Waals surface area contributed by atoms with E-state index in [2.05, 4.69) is 13.8 Å². The molecule has 0 aliphatic heterocycles. The fraction of sp³-hybridized carbons (Fsp3) is 1.00. The maximum absolute atomic E-state index is 10.6. The lowest BCUT2D eigenvalue weighted by Crippen LogP contribution is -2.56. The number of hydrogen-bond donors (Lipinski definition) is 2. The molecule has 4 saturated carbocycles. The Morgan fingerprint density at radius 2 is 1.71 bits per heavy atom. The van der Waals surface area contributed by atoms with E-state index in [4.69, 9.17) is 4.74 Å². The number of aliphatic hydroxyl groups is 2. The van der Waals surface area contributed by atoms with Crippen LogP contribution >= 0.6 is 0 Å². The molecule has 0 aromatic rings. The molecule has 0 radical (unpaired) electrons. The Hall–Kier alpha value is -0.120. The summed E-state index contributed by atoms with van der Waals surface area (Å²) in [5.74, 6) is 3.28. The van der Waals surface area contributed by atoms with Gasteiger partial charge in [-0.2, -0.15) is 0 Å². The molecular formula is C21H36O3. The molecule has 4 aliphatic carbocycles. The topological polar surface area (TPSA) is 49.7 Å². The van der Waals surface area contributed by atoms with Crippen molar-refractivity contribution in [3.05, 3.63) is 0 Å². The lowest BCUT2D eigenvalue weighted by atomic mass is 9.44. The number of ether oxygens (including phenoxy) is 1. The van der Waals surface area contributed by atoms with Crippen LogP contribution in [0, 0.1) is 40.4 Å². The Morgan fingerprint density at radius 1 is 0.958 bits per heavy atom. The van der Waals surface area contributed by atoms with Crippen LogP contribution in [0.3, 0.4) is 0 Å². The second-order valence-electron chi connectivity index (χ2n) is 10.0. The SMILES string of the molecule is COCC1CC2(C)C(CCC3C4CCC(O)C4(C)CCC32)CC1O. The minimum atomic E-state index is -0.179. The van der Waals surface area contributed by atoms with Gasteiger partial charge in [-0.1, -0.05) is 13.8 Å². The van der Waals surface area contributed by atoms with Gasteiger partial charge in [-0.25, -0.2) is 0 Å². The Labute approximate surface area is 147 Å². The number of hydrogen-bond acceptors (Lipinski definition) is 3. The first-order chi connectivity index (χ1) is 11.4. The van der Waals surface area contributed by atoms with Gasteiger partial charge in [-0.3, -0.25) is 0 Å². The smallest absolute Gasteiger partial charge is 0.0596 e. The Morgan fingerprint density at radius 3 is 2.46 bits per heavy atom. The second-order valence-corrected chi connectivity index (χ2v) is 10.0. The summed E-state index contributed by atoms with van der Waals surface area (Å²) in [5.41, 5.74) is 0.532. The highest BCUT2D eigenvalue weighted by Crippen LogP contribution is 2.66. The minimum Gasteiger partial charge on any atom is -0.393 e. The quantitative estimate of drug-likeness (QED) is 0.810. The predicted molar refractivity (Wildman–Crippen MR) is 94.5 cm³/mol. The van der Waals surface area contributed by atoms with Crippen molar-refractivity contribution in [2.45, 2.75) is 77.4 Å². The second kappa shape index (κ2) is 5.96. The Balaban J connectivity index is 1.60. The normalized spacial score (nSPS) is 57.1. The van der Waals surface area contributed by atoms with E-state index < -0.39 is 0 Å². The molecule has 4 fully saturated rings. The van der Waals surface area contributed by atoms with Crippen molar-refractivity contribution in [2.75, 3.05) is 13.7 Å². The number of aliphatic hydroxyl groups excluding tert-OH is 2. The molecule has 24 heavy (non-hydrogen) atoms. The molecule has 2 N–H and O–H groups in total. The Bertz CT molecular complexity index is 480. The van der Waals surface area contributed by atoms with E-state index >= 15 is 0 Å². The molecule has 0 aromatic carbocycles. The van der Waals surface area contributed by atoms with Gasteiger partial charge in [0.15, 0.2) is 0 Å². The van der Waals surface area contributed by atoms with Crippen LogP contribution in [0.15, 0.2) is 0 Å². The van der Waals surface area contributed by atoms with Crippen LogP contribution < -0.4 is 0 Å². The molecule has 0 heterocycles. The summed E-state index contributed by atoms with van der Waals surface area (Å²) >= 11 is 0. The van der Waals surface area contributed by atoms with Gasteiger partial charge >= 0.3 is 0 Å². The van der Waals surface area contributed by atoms with E-state index in [0.29, 0.717) is 23.9 Å². The molecule has 4 aliphatic rings. The zero-order valence-corrected chi connectivity index (χ0v) is 15.7. The van der Waals surface area contributed by atoms with Crippen LogP contribution in [-0.2, 0) is 4.74 Å². The summed E-state index contributed by atoms with van der Waals surface area (Å²) in [7, 11) is 1.76. The fourth-order valence-electron chi connectivity index (χ4n) is 7.78. The van der Waals surface area contributed by atoms with Gasteiger partial charge in [0.2, 0.25) is 0 Å². The largest absolute Gasteiger partial charge is 0.393 e. The van der Waals surface area contributed by atoms with E-state index in [1.807, 2.05) is 0 Å². The monoisotopic (exact) mass is 336 g/mol. The van der Waals surface area contributed by atoms with Crippen LogP contribution in [0.2, 0.25) is 0 Å². The van der Waals surface area contributed by atoms with Crippen molar-refractivity contribution in [2.24, 2.45) is 40.4 Å². The van der Waals surface area contributed by atoms with Gasteiger partial charge in [0.05, 0.1) is 18.8 Å². The minimum absolute atomic E-state index is 0.0802. The average molecular weight is 337 g/mol. The Kier molecular flexibility index (Phi) is 4.29. The number of methoxy groups -OCH3 is 1. The van der Waals surface area contributed by atoms with Crippen molar-refractivity contribution in [3.8, 4) is 0 Å². The first-order valence-electron chi connectivity index (χ1n) is 10.2. The molecule has 3 nitrogen and oxygen atoms in total. The first-order valence-corrected chi connectivity index (χ1v) is 10.2. The van der Waals surface area contributed by atoms with Gasteiger partial charge < -0.3 is 14.9 Å². The van der Waals surface area contributed by atoms with Gasteiger partial charge in [0, 0.05) is 13.0 Å². The van der Waals surface area contributed by atoms with E-state index in [-0.39, 0.29) is 17.6 Å². The lowest BCUT2D eigenvalue weighted by molar-refractivity contribution is -0.153. The molecule has 0 saturated heterocycles. The van der Waals surface area contributed by atoms with Crippen LogP contribution in [0.4, 0.5) is 0 Å². The molecular weight excluding hydrogens is 300 g/mol. The van der Waals surface area contributed by atoms with Crippen LogP contribution in [0.5, 0.6) is 0 Å². The summed E-state index contributed by atoms with van der Waals surface area (Å²) in [6, 6.07) is 0.